The number of hydrogen-bond donors (Lipinski definition) is 2. The Balaban J connectivity index is 2.24. The number of carbonyl (C=O) groups excluding carboxylic acids is 1. The Bertz CT molecular complexity index is 395. The topological polar surface area (TPSA) is 99.1 Å². The van der Waals surface area contributed by atoms with Gasteiger partial charge in [-0.3, -0.25) is 4.79 Å². The van der Waals surface area contributed by atoms with Gasteiger partial charge in [0.15, 0.2) is 5.25 Å². The van der Waals surface area contributed by atoms with E-state index in [9.17, 15) is 13.2 Å². The average Bonchev–Trinajstić information content (AvgIpc) is 3.00. The maximum Gasteiger partial charge on any atom is 0.227 e. The monoisotopic (exact) mass is 245 g/mol. The molecule has 6 nitrogen and oxygen atoms in total. The van der Waals surface area contributed by atoms with Crippen LogP contribution in [0.2, 0.25) is 0 Å². The Morgan fingerprint density at radius 3 is 2.69 bits per heavy atom. The molecule has 90 valence electrons. The van der Waals surface area contributed by atoms with Gasteiger partial charge in [-0.1, -0.05) is 0 Å². The number of nitrogens with one attached hydrogen (secondary N) is 2. The smallest absolute Gasteiger partial charge is 0.227 e. The molecule has 0 heterocycles. The highest BCUT2D eigenvalue weighted by Gasteiger charge is 2.23. The predicted molar refractivity (Wildman–Crippen MR) is 57.8 cm³/mol. The van der Waals surface area contributed by atoms with Crippen LogP contribution in [-0.2, 0) is 14.8 Å². The normalized spacial score (nSPS) is 17.5. The summed E-state index contributed by atoms with van der Waals surface area (Å²) < 4.78 is 24.8. The standard InChI is InChI=1S/C9H15N3O3S/c1-7(6-10)16(14,15)11-5-4-9(13)12-8-2-3-8/h7-8,11H,2-5H2,1H3,(H,12,13). The van der Waals surface area contributed by atoms with E-state index >= 15 is 0 Å². The van der Waals surface area contributed by atoms with Crippen LogP contribution >= 0.6 is 0 Å². The summed E-state index contributed by atoms with van der Waals surface area (Å²) in [6.45, 7) is 1.33. The molecule has 0 aromatic carbocycles. The molecule has 0 bridgehead atoms. The first kappa shape index (κ1) is 12.9. The number of amides is 1. The van der Waals surface area contributed by atoms with Crippen molar-refractivity contribution in [2.24, 2.45) is 0 Å². The molecule has 2 N–H and O–H groups in total. The molecule has 0 aromatic rings. The molecule has 16 heavy (non-hydrogen) atoms. The third-order valence-corrected chi connectivity index (χ3v) is 3.89. The molecular weight excluding hydrogens is 230 g/mol. The second-order valence-electron chi connectivity index (χ2n) is 3.80. The minimum Gasteiger partial charge on any atom is -0.353 e. The van der Waals surface area contributed by atoms with Crippen molar-refractivity contribution in [3.63, 3.8) is 0 Å². The summed E-state index contributed by atoms with van der Waals surface area (Å²) in [4.78, 5) is 11.2. The van der Waals surface area contributed by atoms with Crippen LogP contribution in [0, 0.1) is 11.3 Å². The summed E-state index contributed by atoms with van der Waals surface area (Å²) in [5, 5.41) is 10.1. The van der Waals surface area contributed by atoms with Crippen molar-refractivity contribution < 1.29 is 13.2 Å². The van der Waals surface area contributed by atoms with Gasteiger partial charge in [-0.15, -0.1) is 0 Å². The fourth-order valence-electron chi connectivity index (χ4n) is 1.03. The lowest BCUT2D eigenvalue weighted by Gasteiger charge is -2.07. The largest absolute Gasteiger partial charge is 0.353 e. The third kappa shape index (κ3) is 4.16. The van der Waals surface area contributed by atoms with Crippen molar-refractivity contribution in [1.82, 2.24) is 10.0 Å². The van der Waals surface area contributed by atoms with E-state index in [1.165, 1.54) is 6.92 Å². The molecule has 1 aliphatic carbocycles. The van der Waals surface area contributed by atoms with Crippen molar-refractivity contribution in [1.29, 1.82) is 5.26 Å². The van der Waals surface area contributed by atoms with E-state index in [0.717, 1.165) is 12.8 Å². The number of sulfonamides is 1. The molecule has 1 aliphatic rings. The van der Waals surface area contributed by atoms with Gasteiger partial charge < -0.3 is 5.32 Å². The third-order valence-electron chi connectivity index (χ3n) is 2.25. The molecule has 1 unspecified atom stereocenters. The van der Waals surface area contributed by atoms with Crippen LogP contribution < -0.4 is 10.0 Å². The van der Waals surface area contributed by atoms with Crippen LogP contribution in [-0.4, -0.2) is 32.2 Å². The van der Waals surface area contributed by atoms with E-state index in [-0.39, 0.29) is 24.9 Å². The first-order valence-corrected chi connectivity index (χ1v) is 6.68. The van der Waals surface area contributed by atoms with E-state index in [4.69, 9.17) is 5.26 Å². The van der Waals surface area contributed by atoms with Gasteiger partial charge in [-0.25, -0.2) is 13.1 Å². The van der Waals surface area contributed by atoms with E-state index < -0.39 is 15.3 Å². The Morgan fingerprint density at radius 1 is 1.56 bits per heavy atom. The van der Waals surface area contributed by atoms with Crippen LogP contribution in [0.5, 0.6) is 0 Å². The summed E-state index contributed by atoms with van der Waals surface area (Å²) in [6.07, 6.45) is 2.11. The molecule has 0 aromatic heterocycles. The fourth-order valence-corrected chi connectivity index (χ4v) is 1.80. The Kier molecular flexibility index (Phi) is 4.26. The summed E-state index contributed by atoms with van der Waals surface area (Å²) in [7, 11) is -3.61. The summed E-state index contributed by atoms with van der Waals surface area (Å²) in [5.41, 5.74) is 0. The fraction of sp³-hybridized carbons (Fsp3) is 0.778. The van der Waals surface area contributed by atoms with E-state index in [1.54, 1.807) is 6.07 Å². The Labute approximate surface area is 95.1 Å². The lowest BCUT2D eigenvalue weighted by atomic mass is 10.4. The van der Waals surface area contributed by atoms with E-state index in [1.807, 2.05) is 0 Å². The van der Waals surface area contributed by atoms with E-state index in [0.29, 0.717) is 0 Å². The second kappa shape index (κ2) is 5.27. The van der Waals surface area contributed by atoms with Gasteiger partial charge in [0, 0.05) is 19.0 Å². The number of rotatable bonds is 6. The van der Waals surface area contributed by atoms with Crippen molar-refractivity contribution in [2.45, 2.75) is 37.5 Å². The Morgan fingerprint density at radius 2 is 2.19 bits per heavy atom. The lowest BCUT2D eigenvalue weighted by Crippen LogP contribution is -2.35. The van der Waals surface area contributed by atoms with Crippen molar-refractivity contribution in [3.05, 3.63) is 0 Å². The van der Waals surface area contributed by atoms with Gasteiger partial charge in [0.2, 0.25) is 15.9 Å². The molecule has 1 rings (SSSR count). The molecule has 1 fully saturated rings. The quantitative estimate of drug-likeness (QED) is 0.658. The highest BCUT2D eigenvalue weighted by atomic mass is 32.2. The molecule has 1 atom stereocenters. The van der Waals surface area contributed by atoms with Crippen LogP contribution in [0.1, 0.15) is 26.2 Å². The minimum atomic E-state index is -3.61. The molecule has 0 spiro atoms. The van der Waals surface area contributed by atoms with Gasteiger partial charge in [-0.05, 0) is 19.8 Å². The summed E-state index contributed by atoms with van der Waals surface area (Å²) in [6, 6.07) is 1.91. The number of nitrogens with zero attached hydrogens (tertiary/aromatic N) is 1. The summed E-state index contributed by atoms with van der Waals surface area (Å²) >= 11 is 0. The highest BCUT2D eigenvalue weighted by molar-refractivity contribution is 7.90. The summed E-state index contributed by atoms with van der Waals surface area (Å²) in [5.74, 6) is -0.158. The van der Waals surface area contributed by atoms with Gasteiger partial charge in [0.1, 0.15) is 0 Å². The molecule has 1 amide bonds. The maximum absolute atomic E-state index is 11.3. The molecule has 7 heteroatoms. The lowest BCUT2D eigenvalue weighted by molar-refractivity contribution is -0.121. The minimum absolute atomic E-state index is 0.0346. The number of nitriles is 1. The van der Waals surface area contributed by atoms with Crippen molar-refractivity contribution >= 4 is 15.9 Å². The molecule has 0 aliphatic heterocycles. The number of carbonyl (C=O) groups is 1. The maximum atomic E-state index is 11.3. The first-order chi connectivity index (χ1) is 7.45. The van der Waals surface area contributed by atoms with Crippen LogP contribution in [0.4, 0.5) is 0 Å². The second-order valence-corrected chi connectivity index (χ2v) is 5.89. The highest BCUT2D eigenvalue weighted by Crippen LogP contribution is 2.18. The molecule has 1 saturated carbocycles. The van der Waals surface area contributed by atoms with Crippen LogP contribution in [0.15, 0.2) is 0 Å². The SMILES string of the molecule is CC(C#N)S(=O)(=O)NCCC(=O)NC1CC1. The van der Waals surface area contributed by atoms with E-state index in [2.05, 4.69) is 10.0 Å². The molecular formula is C9H15N3O3S. The van der Waals surface area contributed by atoms with Gasteiger partial charge in [0.05, 0.1) is 6.07 Å². The number of hydrogen-bond acceptors (Lipinski definition) is 4. The zero-order chi connectivity index (χ0) is 12.2. The van der Waals surface area contributed by atoms with Crippen molar-refractivity contribution in [2.75, 3.05) is 6.54 Å². The molecule has 0 saturated heterocycles. The van der Waals surface area contributed by atoms with Crippen LogP contribution in [0.3, 0.4) is 0 Å². The molecule has 0 radical (unpaired) electrons. The van der Waals surface area contributed by atoms with Crippen LogP contribution in [0.25, 0.3) is 0 Å². The Hall–Kier alpha value is -1.13. The predicted octanol–water partition coefficient (Wildman–Crippen LogP) is -0.513. The first-order valence-electron chi connectivity index (χ1n) is 5.13. The van der Waals surface area contributed by atoms with Crippen molar-refractivity contribution in [3.8, 4) is 6.07 Å². The van der Waals surface area contributed by atoms with Gasteiger partial charge in [-0.2, -0.15) is 5.26 Å². The van der Waals surface area contributed by atoms with Gasteiger partial charge >= 0.3 is 0 Å². The average molecular weight is 245 g/mol. The zero-order valence-electron chi connectivity index (χ0n) is 9.06. The zero-order valence-corrected chi connectivity index (χ0v) is 9.88. The van der Waals surface area contributed by atoms with Gasteiger partial charge in [0.25, 0.3) is 0 Å².